The molecule has 2 atom stereocenters. The third-order valence-electron chi connectivity index (χ3n) is 4.70. The molecule has 3 heteroatoms. The number of unbranched alkanes of at least 4 members (excludes halogenated alkanes) is 1. The molecular weight excluding hydrogens is 262 g/mol. The fourth-order valence-corrected chi connectivity index (χ4v) is 3.40. The summed E-state index contributed by atoms with van der Waals surface area (Å²) in [5.41, 5.74) is 2.66. The minimum absolute atomic E-state index is 0.0169. The number of nitrogens with one attached hydrogen (secondary N) is 1. The van der Waals surface area contributed by atoms with E-state index in [0.29, 0.717) is 6.04 Å². The van der Waals surface area contributed by atoms with Crippen LogP contribution in [0, 0.1) is 0 Å². The van der Waals surface area contributed by atoms with Crippen LogP contribution in [0.1, 0.15) is 44.6 Å². The van der Waals surface area contributed by atoms with E-state index in [9.17, 15) is 0 Å². The first-order valence-electron chi connectivity index (χ1n) is 8.37. The van der Waals surface area contributed by atoms with E-state index in [2.05, 4.69) is 36.5 Å². The summed E-state index contributed by atoms with van der Waals surface area (Å²) in [7, 11) is 0. The monoisotopic (exact) mass is 289 g/mol. The van der Waals surface area contributed by atoms with E-state index in [1.807, 2.05) is 0 Å². The van der Waals surface area contributed by atoms with Gasteiger partial charge in [-0.3, -0.25) is 0 Å². The van der Waals surface area contributed by atoms with Crippen molar-refractivity contribution in [3.8, 4) is 0 Å². The lowest BCUT2D eigenvalue weighted by Gasteiger charge is -2.37. The third-order valence-corrected chi connectivity index (χ3v) is 4.70. The van der Waals surface area contributed by atoms with Crippen LogP contribution in [0.3, 0.4) is 0 Å². The average Bonchev–Trinajstić information content (AvgIpc) is 2.94. The van der Waals surface area contributed by atoms with Crippen LogP contribution < -0.4 is 5.32 Å². The fourth-order valence-electron chi connectivity index (χ4n) is 3.40. The molecule has 0 aromatic heterocycles. The van der Waals surface area contributed by atoms with E-state index in [1.165, 1.54) is 30.5 Å². The van der Waals surface area contributed by atoms with Crippen LogP contribution >= 0.6 is 0 Å². The molecule has 2 aliphatic rings. The second-order valence-electron chi connectivity index (χ2n) is 6.47. The molecule has 3 nitrogen and oxygen atoms in total. The van der Waals surface area contributed by atoms with Gasteiger partial charge in [0, 0.05) is 31.4 Å². The highest BCUT2D eigenvalue weighted by Crippen LogP contribution is 2.34. The highest BCUT2D eigenvalue weighted by molar-refractivity contribution is 5.45. The average molecular weight is 289 g/mol. The van der Waals surface area contributed by atoms with Crippen LogP contribution in [0.25, 0.3) is 0 Å². The summed E-state index contributed by atoms with van der Waals surface area (Å²) in [6.45, 7) is 4.69. The smallest absolute Gasteiger partial charge is 0.0956 e. The Morgan fingerprint density at radius 3 is 2.81 bits per heavy atom. The van der Waals surface area contributed by atoms with Gasteiger partial charge in [0.1, 0.15) is 0 Å². The van der Waals surface area contributed by atoms with Crippen molar-refractivity contribution < 1.29 is 9.47 Å². The zero-order valence-corrected chi connectivity index (χ0v) is 13.1. The molecule has 2 saturated heterocycles. The van der Waals surface area contributed by atoms with E-state index in [1.54, 1.807) is 0 Å². The molecule has 3 rings (SSSR count). The van der Waals surface area contributed by atoms with Gasteiger partial charge in [-0.1, -0.05) is 25.5 Å². The van der Waals surface area contributed by atoms with Crippen LogP contribution in [-0.4, -0.2) is 31.5 Å². The van der Waals surface area contributed by atoms with E-state index >= 15 is 0 Å². The molecule has 0 radical (unpaired) electrons. The maximum absolute atomic E-state index is 5.99. The summed E-state index contributed by atoms with van der Waals surface area (Å²) in [5.74, 6) is 0. The minimum Gasteiger partial charge on any atom is -0.382 e. The van der Waals surface area contributed by atoms with E-state index in [4.69, 9.17) is 9.47 Å². The molecule has 1 aromatic rings. The molecule has 0 amide bonds. The SMILES string of the molecule is CCCCc1ccc(NC2CCOC3(CCOC3)C2)cc1. The molecule has 0 bridgehead atoms. The third kappa shape index (κ3) is 3.78. The first kappa shape index (κ1) is 14.9. The summed E-state index contributed by atoms with van der Waals surface area (Å²) in [4.78, 5) is 0. The summed E-state index contributed by atoms with van der Waals surface area (Å²) < 4.78 is 11.5. The Morgan fingerprint density at radius 2 is 2.10 bits per heavy atom. The Balaban J connectivity index is 1.55. The van der Waals surface area contributed by atoms with Crippen LogP contribution in [0.5, 0.6) is 0 Å². The van der Waals surface area contributed by atoms with E-state index in [0.717, 1.165) is 39.1 Å². The largest absolute Gasteiger partial charge is 0.382 e. The molecule has 1 spiro atoms. The molecule has 1 N–H and O–H groups in total. The molecule has 1 aromatic carbocycles. The van der Waals surface area contributed by atoms with Crippen LogP contribution in [0.15, 0.2) is 24.3 Å². The van der Waals surface area contributed by atoms with E-state index < -0.39 is 0 Å². The Hall–Kier alpha value is -1.06. The van der Waals surface area contributed by atoms with Crippen molar-refractivity contribution in [1.29, 1.82) is 0 Å². The maximum Gasteiger partial charge on any atom is 0.0956 e. The Bertz CT molecular complexity index is 437. The number of aryl methyl sites for hydroxylation is 1. The van der Waals surface area contributed by atoms with Crippen LogP contribution in [0.4, 0.5) is 5.69 Å². The topological polar surface area (TPSA) is 30.5 Å². The molecule has 116 valence electrons. The van der Waals surface area contributed by atoms with Crippen molar-refractivity contribution >= 4 is 5.69 Å². The minimum atomic E-state index is -0.0169. The lowest BCUT2D eigenvalue weighted by molar-refractivity contribution is -0.0828. The molecule has 0 saturated carbocycles. The molecule has 2 aliphatic heterocycles. The van der Waals surface area contributed by atoms with Crippen molar-refractivity contribution in [2.24, 2.45) is 0 Å². The molecule has 2 fully saturated rings. The van der Waals surface area contributed by atoms with Crippen molar-refractivity contribution in [1.82, 2.24) is 0 Å². The number of rotatable bonds is 5. The normalized spacial score (nSPS) is 28.9. The molecule has 21 heavy (non-hydrogen) atoms. The first-order valence-corrected chi connectivity index (χ1v) is 8.37. The number of hydrogen-bond donors (Lipinski definition) is 1. The van der Waals surface area contributed by atoms with Gasteiger partial charge < -0.3 is 14.8 Å². The Kier molecular flexibility index (Phi) is 4.81. The van der Waals surface area contributed by atoms with Gasteiger partial charge in [0.25, 0.3) is 0 Å². The molecule has 2 heterocycles. The summed E-state index contributed by atoms with van der Waals surface area (Å²) in [6.07, 6.45) is 6.90. The lowest BCUT2D eigenvalue weighted by atomic mass is 9.89. The fraction of sp³-hybridized carbons (Fsp3) is 0.667. The number of anilines is 1. The molecular formula is C18H27NO2. The van der Waals surface area contributed by atoms with Gasteiger partial charge in [-0.25, -0.2) is 0 Å². The number of hydrogen-bond acceptors (Lipinski definition) is 3. The van der Waals surface area contributed by atoms with Crippen LogP contribution in [0.2, 0.25) is 0 Å². The summed E-state index contributed by atoms with van der Waals surface area (Å²) >= 11 is 0. The van der Waals surface area contributed by atoms with Gasteiger partial charge in [-0.05, 0) is 43.4 Å². The summed E-state index contributed by atoms with van der Waals surface area (Å²) in [6, 6.07) is 9.45. The zero-order valence-electron chi connectivity index (χ0n) is 13.1. The van der Waals surface area contributed by atoms with Crippen molar-refractivity contribution in [3.63, 3.8) is 0 Å². The maximum atomic E-state index is 5.99. The second-order valence-corrected chi connectivity index (χ2v) is 6.47. The number of benzene rings is 1. The second kappa shape index (κ2) is 6.80. The van der Waals surface area contributed by atoms with E-state index in [-0.39, 0.29) is 5.60 Å². The van der Waals surface area contributed by atoms with Gasteiger partial charge in [0.15, 0.2) is 0 Å². The lowest BCUT2D eigenvalue weighted by Crippen LogP contribution is -2.44. The highest BCUT2D eigenvalue weighted by atomic mass is 16.6. The first-order chi connectivity index (χ1) is 10.3. The van der Waals surface area contributed by atoms with Crippen molar-refractivity contribution in [2.45, 2.75) is 57.1 Å². The summed E-state index contributed by atoms with van der Waals surface area (Å²) in [5, 5.41) is 3.68. The van der Waals surface area contributed by atoms with Gasteiger partial charge >= 0.3 is 0 Å². The standard InChI is InChI=1S/C18H27NO2/c1-2-3-4-15-5-7-16(8-6-15)19-17-9-11-21-18(13-17)10-12-20-14-18/h5-8,17,19H,2-4,9-14H2,1H3. The number of ether oxygens (including phenoxy) is 2. The molecule has 0 aliphatic carbocycles. The zero-order chi connectivity index (χ0) is 14.5. The van der Waals surface area contributed by atoms with Gasteiger partial charge in [0.05, 0.1) is 12.2 Å². The Labute approximate surface area is 128 Å². The Morgan fingerprint density at radius 1 is 1.24 bits per heavy atom. The van der Waals surface area contributed by atoms with Gasteiger partial charge in [0.2, 0.25) is 0 Å². The predicted octanol–water partition coefficient (Wildman–Crippen LogP) is 3.78. The predicted molar refractivity (Wildman–Crippen MR) is 85.8 cm³/mol. The van der Waals surface area contributed by atoms with Crippen molar-refractivity contribution in [3.05, 3.63) is 29.8 Å². The van der Waals surface area contributed by atoms with Crippen molar-refractivity contribution in [2.75, 3.05) is 25.1 Å². The molecule has 2 unspecified atom stereocenters. The quantitative estimate of drug-likeness (QED) is 0.895. The van der Waals surface area contributed by atoms with Gasteiger partial charge in [-0.2, -0.15) is 0 Å². The highest BCUT2D eigenvalue weighted by Gasteiger charge is 2.40. The van der Waals surface area contributed by atoms with Crippen LogP contribution in [-0.2, 0) is 15.9 Å². The van der Waals surface area contributed by atoms with Gasteiger partial charge in [-0.15, -0.1) is 0 Å².